The molecule has 0 aliphatic carbocycles. The summed E-state index contributed by atoms with van der Waals surface area (Å²) in [6, 6.07) is 3.54. The van der Waals surface area contributed by atoms with Crippen molar-refractivity contribution in [3.63, 3.8) is 0 Å². The third-order valence-corrected chi connectivity index (χ3v) is 2.83. The van der Waals surface area contributed by atoms with E-state index in [1.807, 2.05) is 26.8 Å². The molecule has 1 N–H and O–H groups in total. The molecule has 0 bridgehead atoms. The molecule has 0 amide bonds. The molecule has 0 saturated carbocycles. The zero-order valence-electron chi connectivity index (χ0n) is 12.3. The van der Waals surface area contributed by atoms with Gasteiger partial charge in [0, 0.05) is 5.92 Å². The fraction of sp³-hybridized carbons (Fsp3) is 0.600. The van der Waals surface area contributed by atoms with Crippen molar-refractivity contribution in [2.75, 3.05) is 13.1 Å². The van der Waals surface area contributed by atoms with Gasteiger partial charge in [0.25, 0.3) is 0 Å². The van der Waals surface area contributed by atoms with Gasteiger partial charge in [0.2, 0.25) is 0 Å². The van der Waals surface area contributed by atoms with Crippen molar-refractivity contribution in [3.8, 4) is 5.75 Å². The maximum atomic E-state index is 11.7. The van der Waals surface area contributed by atoms with Crippen LogP contribution >= 0.6 is 0 Å². The van der Waals surface area contributed by atoms with Gasteiger partial charge in [-0.2, -0.15) is 0 Å². The molecule has 106 valence electrons. The number of ketones is 1. The quantitative estimate of drug-likeness (QED) is 0.579. The van der Waals surface area contributed by atoms with Crippen molar-refractivity contribution in [2.24, 2.45) is 5.92 Å². The van der Waals surface area contributed by atoms with E-state index in [1.54, 1.807) is 12.3 Å². The normalized spacial score (nSPS) is 12.5. The molecule has 19 heavy (non-hydrogen) atoms. The minimum Gasteiger partial charge on any atom is -0.489 e. The number of carbonyl (C=O) groups excluding carboxylic acids is 1. The van der Waals surface area contributed by atoms with Crippen LogP contribution in [0.3, 0.4) is 0 Å². The van der Waals surface area contributed by atoms with Gasteiger partial charge < -0.3 is 10.1 Å². The molecule has 4 heteroatoms. The van der Waals surface area contributed by atoms with E-state index in [0.29, 0.717) is 11.4 Å². The van der Waals surface area contributed by atoms with E-state index in [1.165, 1.54) is 0 Å². The monoisotopic (exact) mass is 264 g/mol. The van der Waals surface area contributed by atoms with Crippen molar-refractivity contribution in [1.29, 1.82) is 0 Å². The highest BCUT2D eigenvalue weighted by atomic mass is 16.5. The first-order chi connectivity index (χ1) is 9.04. The number of ether oxygens (including phenoxy) is 1. The van der Waals surface area contributed by atoms with Crippen molar-refractivity contribution in [3.05, 3.63) is 24.0 Å². The van der Waals surface area contributed by atoms with Crippen LogP contribution in [0.1, 0.15) is 44.6 Å². The lowest BCUT2D eigenvalue weighted by molar-refractivity contribution is 0.0934. The molecule has 0 fully saturated rings. The first-order valence-electron chi connectivity index (χ1n) is 6.92. The molecule has 1 heterocycles. The Morgan fingerprint density at radius 3 is 2.63 bits per heavy atom. The SMILES string of the molecule is CCNCCC(C)Oc1ccc(C(=O)C(C)C)nc1. The van der Waals surface area contributed by atoms with Crippen LogP contribution in [0.2, 0.25) is 0 Å². The minimum absolute atomic E-state index is 0.0293. The van der Waals surface area contributed by atoms with Gasteiger partial charge in [-0.3, -0.25) is 4.79 Å². The number of hydrogen-bond acceptors (Lipinski definition) is 4. The Hall–Kier alpha value is -1.42. The molecule has 0 radical (unpaired) electrons. The van der Waals surface area contributed by atoms with E-state index in [0.717, 1.165) is 19.5 Å². The molecular formula is C15H24N2O2. The second-order valence-corrected chi connectivity index (χ2v) is 4.97. The molecule has 1 atom stereocenters. The number of Topliss-reactive ketones (excluding diaryl/α,β-unsaturated/α-hetero) is 1. The zero-order valence-corrected chi connectivity index (χ0v) is 12.3. The summed E-state index contributed by atoms with van der Waals surface area (Å²) < 4.78 is 5.74. The van der Waals surface area contributed by atoms with Crippen molar-refractivity contribution < 1.29 is 9.53 Å². The molecule has 0 aliphatic rings. The zero-order chi connectivity index (χ0) is 14.3. The molecular weight excluding hydrogens is 240 g/mol. The predicted molar refractivity (Wildman–Crippen MR) is 76.7 cm³/mol. The van der Waals surface area contributed by atoms with Crippen LogP contribution in [-0.4, -0.2) is 30.0 Å². The topological polar surface area (TPSA) is 51.2 Å². The summed E-state index contributed by atoms with van der Waals surface area (Å²) in [5.74, 6) is 0.745. The lowest BCUT2D eigenvalue weighted by atomic mass is 10.1. The lowest BCUT2D eigenvalue weighted by Gasteiger charge is -2.14. The molecule has 0 aromatic carbocycles. The van der Waals surface area contributed by atoms with Crippen LogP contribution in [-0.2, 0) is 0 Å². The smallest absolute Gasteiger partial charge is 0.183 e. The van der Waals surface area contributed by atoms with E-state index in [-0.39, 0.29) is 17.8 Å². The van der Waals surface area contributed by atoms with Crippen LogP contribution in [0.15, 0.2) is 18.3 Å². The van der Waals surface area contributed by atoms with E-state index >= 15 is 0 Å². The van der Waals surface area contributed by atoms with E-state index in [2.05, 4.69) is 17.2 Å². The van der Waals surface area contributed by atoms with E-state index in [4.69, 9.17) is 4.74 Å². The standard InChI is InChI=1S/C15H24N2O2/c1-5-16-9-8-12(4)19-13-6-7-14(17-10-13)15(18)11(2)3/h6-7,10-12,16H,5,8-9H2,1-4H3. The molecule has 1 aromatic heterocycles. The number of hydrogen-bond donors (Lipinski definition) is 1. The average Bonchev–Trinajstić information content (AvgIpc) is 2.39. The Morgan fingerprint density at radius 1 is 1.37 bits per heavy atom. The molecule has 0 aliphatic heterocycles. The highest BCUT2D eigenvalue weighted by molar-refractivity contribution is 5.95. The van der Waals surface area contributed by atoms with E-state index in [9.17, 15) is 4.79 Å². The summed E-state index contributed by atoms with van der Waals surface area (Å²) in [6.45, 7) is 9.77. The van der Waals surface area contributed by atoms with Gasteiger partial charge in [-0.15, -0.1) is 0 Å². The molecule has 1 unspecified atom stereocenters. The summed E-state index contributed by atoms with van der Waals surface area (Å²) in [4.78, 5) is 15.9. The maximum Gasteiger partial charge on any atom is 0.183 e. The van der Waals surface area contributed by atoms with E-state index < -0.39 is 0 Å². The number of carbonyl (C=O) groups is 1. The maximum absolute atomic E-state index is 11.7. The minimum atomic E-state index is -0.0293. The average molecular weight is 264 g/mol. The van der Waals surface area contributed by atoms with Gasteiger partial charge in [-0.05, 0) is 38.6 Å². The van der Waals surface area contributed by atoms with Crippen LogP contribution in [0, 0.1) is 5.92 Å². The Kier molecular flexibility index (Phi) is 6.50. The highest BCUT2D eigenvalue weighted by Crippen LogP contribution is 2.14. The van der Waals surface area contributed by atoms with Crippen LogP contribution in [0.25, 0.3) is 0 Å². The van der Waals surface area contributed by atoms with Gasteiger partial charge in [-0.1, -0.05) is 20.8 Å². The third-order valence-electron chi connectivity index (χ3n) is 2.83. The Bertz CT molecular complexity index is 388. The Morgan fingerprint density at radius 2 is 2.11 bits per heavy atom. The summed E-state index contributed by atoms with van der Waals surface area (Å²) in [7, 11) is 0. The van der Waals surface area contributed by atoms with Gasteiger partial charge in [0.05, 0.1) is 12.3 Å². The number of aromatic nitrogens is 1. The predicted octanol–water partition coefficient (Wildman–Crippen LogP) is 2.69. The number of pyridine rings is 1. The fourth-order valence-corrected chi connectivity index (χ4v) is 1.66. The molecule has 0 spiro atoms. The van der Waals surface area contributed by atoms with Crippen molar-refractivity contribution >= 4 is 5.78 Å². The number of rotatable bonds is 8. The second-order valence-electron chi connectivity index (χ2n) is 4.97. The van der Waals surface area contributed by atoms with Gasteiger partial charge in [0.15, 0.2) is 5.78 Å². The van der Waals surface area contributed by atoms with Gasteiger partial charge in [-0.25, -0.2) is 4.98 Å². The summed E-state index contributed by atoms with van der Waals surface area (Å²) >= 11 is 0. The molecule has 1 rings (SSSR count). The van der Waals surface area contributed by atoms with Crippen molar-refractivity contribution in [2.45, 2.75) is 40.2 Å². The lowest BCUT2D eigenvalue weighted by Crippen LogP contribution is -2.22. The summed E-state index contributed by atoms with van der Waals surface area (Å²) in [5.41, 5.74) is 0.502. The Balaban J connectivity index is 2.50. The molecule has 0 saturated heterocycles. The molecule has 1 aromatic rings. The highest BCUT2D eigenvalue weighted by Gasteiger charge is 2.12. The van der Waals surface area contributed by atoms with Gasteiger partial charge in [0.1, 0.15) is 11.4 Å². The molecule has 4 nitrogen and oxygen atoms in total. The summed E-state index contributed by atoms with van der Waals surface area (Å²) in [5, 5.41) is 3.26. The Labute approximate surface area is 115 Å². The van der Waals surface area contributed by atoms with Crippen LogP contribution in [0.4, 0.5) is 0 Å². The largest absolute Gasteiger partial charge is 0.489 e. The first kappa shape index (κ1) is 15.6. The van der Waals surface area contributed by atoms with Gasteiger partial charge >= 0.3 is 0 Å². The third kappa shape index (κ3) is 5.39. The van der Waals surface area contributed by atoms with Crippen LogP contribution < -0.4 is 10.1 Å². The summed E-state index contributed by atoms with van der Waals surface area (Å²) in [6.07, 6.45) is 2.70. The fourth-order valence-electron chi connectivity index (χ4n) is 1.66. The van der Waals surface area contributed by atoms with Crippen LogP contribution in [0.5, 0.6) is 5.75 Å². The number of nitrogens with zero attached hydrogens (tertiary/aromatic N) is 1. The number of nitrogens with one attached hydrogen (secondary N) is 1. The second kappa shape index (κ2) is 7.89. The first-order valence-corrected chi connectivity index (χ1v) is 6.92. The van der Waals surface area contributed by atoms with Crippen molar-refractivity contribution in [1.82, 2.24) is 10.3 Å².